The molecule has 5 aromatic rings. The first-order valence-corrected chi connectivity index (χ1v) is 10.6. The highest BCUT2D eigenvalue weighted by molar-refractivity contribution is 5.96. The van der Waals surface area contributed by atoms with Crippen molar-refractivity contribution in [2.45, 2.75) is 0 Å². The number of methoxy groups -OCH3 is 1. The van der Waals surface area contributed by atoms with Crippen LogP contribution in [0.1, 0.15) is 5.56 Å². The Bertz CT molecular complexity index is 1550. The second kappa shape index (κ2) is 8.67. The number of aromatic amines is 1. The van der Waals surface area contributed by atoms with Crippen molar-refractivity contribution in [3.05, 3.63) is 79.0 Å². The summed E-state index contributed by atoms with van der Waals surface area (Å²) in [5.41, 5.74) is 12.8. The maximum absolute atomic E-state index is 11.3. The van der Waals surface area contributed by atoms with Crippen LogP contribution in [0.15, 0.2) is 73.5 Å². The molecule has 3 N–H and O–H groups in total. The Morgan fingerprint density at radius 2 is 1.85 bits per heavy atom. The number of fused-ring (bicyclic) bond motifs is 1. The van der Waals surface area contributed by atoms with Gasteiger partial charge in [-0.05, 0) is 58.7 Å². The van der Waals surface area contributed by atoms with Crippen molar-refractivity contribution in [1.82, 2.24) is 24.7 Å². The number of H-pyrrole nitrogens is 1. The molecule has 0 atom stereocenters. The van der Waals surface area contributed by atoms with Crippen molar-refractivity contribution in [1.29, 1.82) is 0 Å². The maximum atomic E-state index is 11.3. The Morgan fingerprint density at radius 3 is 2.59 bits per heavy atom. The van der Waals surface area contributed by atoms with E-state index in [4.69, 9.17) is 10.5 Å². The van der Waals surface area contributed by atoms with E-state index in [1.54, 1.807) is 24.1 Å². The summed E-state index contributed by atoms with van der Waals surface area (Å²) in [7, 11) is 3.47. The molecule has 0 radical (unpaired) electrons. The number of carbonyl (C=O) groups is 1. The zero-order valence-electron chi connectivity index (χ0n) is 18.7. The zero-order valence-corrected chi connectivity index (χ0v) is 18.7. The first kappa shape index (κ1) is 21.1. The van der Waals surface area contributed by atoms with E-state index in [9.17, 15) is 4.79 Å². The van der Waals surface area contributed by atoms with E-state index >= 15 is 0 Å². The third kappa shape index (κ3) is 4.16. The lowest BCUT2D eigenvalue weighted by molar-refractivity contribution is -0.113. The van der Waals surface area contributed by atoms with Crippen molar-refractivity contribution in [3.63, 3.8) is 0 Å². The van der Waals surface area contributed by atoms with Gasteiger partial charge in [0.05, 0.1) is 13.3 Å². The van der Waals surface area contributed by atoms with E-state index in [2.05, 4.69) is 32.2 Å². The monoisotopic (exact) mass is 450 g/mol. The lowest BCUT2D eigenvalue weighted by atomic mass is 9.97. The van der Waals surface area contributed by atoms with E-state index in [-0.39, 0.29) is 0 Å². The standard InChI is InChI=1S/C26H22N6O2/c1-32-15-21(13-31-32)19-8-16(3-4-24(27)33)7-18(9-19)20-10-22-23(14-30-26(22)29-12-20)17-5-6-28-25(11-17)34-2/h3-15H,1-2H3,(H2,27,33)(H,29,30). The Morgan fingerprint density at radius 1 is 1.03 bits per heavy atom. The average Bonchev–Trinajstić information content (AvgIpc) is 3.48. The summed E-state index contributed by atoms with van der Waals surface area (Å²) in [4.78, 5) is 23.4. The summed E-state index contributed by atoms with van der Waals surface area (Å²) in [6.07, 6.45) is 12.3. The molecule has 0 spiro atoms. The smallest absolute Gasteiger partial charge is 0.241 e. The van der Waals surface area contributed by atoms with Gasteiger partial charge in [-0.25, -0.2) is 9.97 Å². The van der Waals surface area contributed by atoms with Crippen molar-refractivity contribution in [2.75, 3.05) is 7.11 Å². The Hall–Kier alpha value is -4.72. The van der Waals surface area contributed by atoms with E-state index in [0.29, 0.717) is 5.88 Å². The fraction of sp³-hybridized carbons (Fsp3) is 0.0769. The molecular formula is C26H22N6O2. The lowest BCUT2D eigenvalue weighted by Gasteiger charge is -2.08. The number of nitrogens with zero attached hydrogens (tertiary/aromatic N) is 4. The minimum Gasteiger partial charge on any atom is -0.481 e. The predicted octanol–water partition coefficient (Wildman–Crippen LogP) is 4.20. The minimum atomic E-state index is -0.499. The van der Waals surface area contributed by atoms with Crippen LogP contribution >= 0.6 is 0 Å². The number of primary amides is 1. The highest BCUT2D eigenvalue weighted by Crippen LogP contribution is 2.34. The number of aryl methyl sites for hydroxylation is 1. The van der Waals surface area contributed by atoms with Gasteiger partial charge in [0.25, 0.3) is 0 Å². The highest BCUT2D eigenvalue weighted by atomic mass is 16.5. The number of amides is 1. The number of rotatable bonds is 6. The molecule has 1 amide bonds. The predicted molar refractivity (Wildman–Crippen MR) is 132 cm³/mol. The molecule has 4 aromatic heterocycles. The zero-order chi connectivity index (χ0) is 23.7. The number of aromatic nitrogens is 5. The molecule has 4 heterocycles. The molecule has 0 aliphatic rings. The summed E-state index contributed by atoms with van der Waals surface area (Å²) in [5.74, 6) is 0.0483. The number of pyridine rings is 2. The third-order valence-electron chi connectivity index (χ3n) is 5.55. The van der Waals surface area contributed by atoms with Gasteiger partial charge >= 0.3 is 0 Å². The third-order valence-corrected chi connectivity index (χ3v) is 5.55. The van der Waals surface area contributed by atoms with Gasteiger partial charge in [0.15, 0.2) is 0 Å². The largest absolute Gasteiger partial charge is 0.481 e. The van der Waals surface area contributed by atoms with Gasteiger partial charge in [-0.15, -0.1) is 0 Å². The molecule has 0 unspecified atom stereocenters. The molecular weight excluding hydrogens is 428 g/mol. The molecule has 8 heteroatoms. The minimum absolute atomic E-state index is 0.499. The van der Waals surface area contributed by atoms with Crippen LogP contribution < -0.4 is 10.5 Å². The number of ether oxygens (including phenoxy) is 1. The molecule has 5 rings (SSSR count). The molecule has 0 fully saturated rings. The van der Waals surface area contributed by atoms with Crippen LogP contribution in [0.4, 0.5) is 0 Å². The number of carbonyl (C=O) groups excluding carboxylic acids is 1. The normalized spacial score (nSPS) is 11.4. The number of benzene rings is 1. The highest BCUT2D eigenvalue weighted by Gasteiger charge is 2.12. The van der Waals surface area contributed by atoms with Crippen LogP contribution in [0.3, 0.4) is 0 Å². The summed E-state index contributed by atoms with van der Waals surface area (Å²) in [6, 6.07) is 12.0. The van der Waals surface area contributed by atoms with Crippen molar-refractivity contribution in [3.8, 4) is 39.3 Å². The van der Waals surface area contributed by atoms with Crippen LogP contribution in [-0.2, 0) is 11.8 Å². The van der Waals surface area contributed by atoms with E-state index in [1.165, 1.54) is 6.08 Å². The van der Waals surface area contributed by atoms with Gasteiger partial charge < -0.3 is 15.5 Å². The number of hydrogen-bond donors (Lipinski definition) is 2. The fourth-order valence-corrected chi connectivity index (χ4v) is 3.92. The fourth-order valence-electron chi connectivity index (χ4n) is 3.92. The van der Waals surface area contributed by atoms with Crippen LogP contribution in [0.25, 0.3) is 50.5 Å². The molecule has 0 saturated carbocycles. The lowest BCUT2D eigenvalue weighted by Crippen LogP contribution is -2.05. The van der Waals surface area contributed by atoms with Gasteiger partial charge in [-0.2, -0.15) is 5.10 Å². The van der Waals surface area contributed by atoms with Crippen LogP contribution in [0.2, 0.25) is 0 Å². The number of hydrogen-bond acceptors (Lipinski definition) is 5. The molecule has 1 aromatic carbocycles. The van der Waals surface area contributed by atoms with E-state index in [1.807, 2.05) is 56.1 Å². The molecule has 0 bridgehead atoms. The molecule has 0 aliphatic heterocycles. The van der Waals surface area contributed by atoms with Gasteiger partial charge in [0.1, 0.15) is 5.65 Å². The first-order chi connectivity index (χ1) is 16.5. The van der Waals surface area contributed by atoms with Crippen molar-refractivity contribution in [2.24, 2.45) is 12.8 Å². The van der Waals surface area contributed by atoms with Gasteiger partial charge in [0.2, 0.25) is 11.8 Å². The van der Waals surface area contributed by atoms with Crippen LogP contribution in [0.5, 0.6) is 5.88 Å². The molecule has 168 valence electrons. The second-order valence-corrected chi connectivity index (χ2v) is 7.89. The van der Waals surface area contributed by atoms with Crippen molar-refractivity contribution < 1.29 is 9.53 Å². The Kier molecular flexibility index (Phi) is 5.39. The van der Waals surface area contributed by atoms with Gasteiger partial charge in [-0.3, -0.25) is 9.48 Å². The quantitative estimate of drug-likeness (QED) is 0.377. The average molecular weight is 451 g/mol. The maximum Gasteiger partial charge on any atom is 0.241 e. The summed E-state index contributed by atoms with van der Waals surface area (Å²) < 4.78 is 7.04. The van der Waals surface area contributed by atoms with Crippen LogP contribution in [-0.4, -0.2) is 37.7 Å². The molecule has 34 heavy (non-hydrogen) atoms. The van der Waals surface area contributed by atoms with E-state index < -0.39 is 5.91 Å². The van der Waals surface area contributed by atoms with Gasteiger partial charge in [0, 0.05) is 66.1 Å². The van der Waals surface area contributed by atoms with Gasteiger partial charge in [-0.1, -0.05) is 0 Å². The Labute approximate surface area is 195 Å². The summed E-state index contributed by atoms with van der Waals surface area (Å²) in [6.45, 7) is 0. The topological polar surface area (TPSA) is 112 Å². The van der Waals surface area contributed by atoms with E-state index in [0.717, 1.165) is 50.0 Å². The van der Waals surface area contributed by atoms with Crippen LogP contribution in [0, 0.1) is 0 Å². The van der Waals surface area contributed by atoms with Crippen molar-refractivity contribution >= 4 is 23.0 Å². The first-order valence-electron chi connectivity index (χ1n) is 10.6. The number of nitrogens with two attached hydrogens (primary N) is 1. The summed E-state index contributed by atoms with van der Waals surface area (Å²) >= 11 is 0. The molecule has 0 aliphatic carbocycles. The second-order valence-electron chi connectivity index (χ2n) is 7.89. The molecule has 0 saturated heterocycles. The molecule has 8 nitrogen and oxygen atoms in total. The SMILES string of the molecule is COc1cc(-c2c[nH]c3ncc(-c4cc(C=CC(N)=O)cc(-c5cnn(C)c5)c4)cc23)ccn1. The number of nitrogens with one attached hydrogen (secondary N) is 1. The Balaban J connectivity index is 1.65. The summed E-state index contributed by atoms with van der Waals surface area (Å²) in [5, 5.41) is 5.26.